The van der Waals surface area contributed by atoms with Crippen LogP contribution in [0.3, 0.4) is 0 Å². The van der Waals surface area contributed by atoms with Crippen molar-refractivity contribution < 1.29 is 14.1 Å². The average Bonchev–Trinajstić information content (AvgIpc) is 3.22. The number of benzene rings is 1. The molecule has 0 aliphatic rings. The van der Waals surface area contributed by atoms with E-state index in [1.807, 2.05) is 43.3 Å². The molecule has 0 bridgehead atoms. The van der Waals surface area contributed by atoms with Gasteiger partial charge >= 0.3 is 0 Å². The van der Waals surface area contributed by atoms with Gasteiger partial charge in [-0.15, -0.1) is 0 Å². The Kier molecular flexibility index (Phi) is 5.47. The molecule has 1 atom stereocenters. The maximum absolute atomic E-state index is 12.4. The van der Waals surface area contributed by atoms with Crippen LogP contribution in [0.4, 0.5) is 0 Å². The predicted octanol–water partition coefficient (Wildman–Crippen LogP) is 3.56. The molecule has 0 saturated carbocycles. The summed E-state index contributed by atoms with van der Waals surface area (Å²) in [6, 6.07) is 13.0. The standard InChI is InChI=1S/C22H20N4O3/c1-15(10-16-4-3-8-23-12-16)25-22(27)20-11-18(29-26-20)14-28-21-6-2-5-17-13-24-9-7-19(17)21/h2-9,11-13,15H,10,14H2,1H3,(H,25,27). The van der Waals surface area contributed by atoms with Crippen LogP contribution in [0.15, 0.2) is 71.8 Å². The fourth-order valence-electron chi connectivity index (χ4n) is 3.08. The topological polar surface area (TPSA) is 90.1 Å². The van der Waals surface area contributed by atoms with Crippen molar-refractivity contribution in [3.05, 3.63) is 84.3 Å². The Bertz CT molecular complexity index is 1110. The summed E-state index contributed by atoms with van der Waals surface area (Å²) in [5.41, 5.74) is 1.28. The average molecular weight is 388 g/mol. The Morgan fingerprint density at radius 3 is 2.90 bits per heavy atom. The van der Waals surface area contributed by atoms with Gasteiger partial charge in [-0.3, -0.25) is 14.8 Å². The van der Waals surface area contributed by atoms with Gasteiger partial charge < -0.3 is 14.6 Å². The number of hydrogen-bond acceptors (Lipinski definition) is 6. The fourth-order valence-corrected chi connectivity index (χ4v) is 3.08. The van der Waals surface area contributed by atoms with Gasteiger partial charge in [-0.2, -0.15) is 0 Å². The van der Waals surface area contributed by atoms with Crippen molar-refractivity contribution in [1.29, 1.82) is 0 Å². The molecule has 3 aromatic heterocycles. The Morgan fingerprint density at radius 1 is 1.14 bits per heavy atom. The minimum atomic E-state index is -0.285. The van der Waals surface area contributed by atoms with Crippen LogP contribution in [0.5, 0.6) is 5.75 Å². The third-order valence-electron chi connectivity index (χ3n) is 4.44. The summed E-state index contributed by atoms with van der Waals surface area (Å²) in [5.74, 6) is 0.908. The number of nitrogens with zero attached hydrogens (tertiary/aromatic N) is 3. The second-order valence-electron chi connectivity index (χ2n) is 6.76. The molecule has 0 spiro atoms. The van der Waals surface area contributed by atoms with Crippen molar-refractivity contribution in [2.45, 2.75) is 26.0 Å². The molecule has 0 aliphatic heterocycles. The quantitative estimate of drug-likeness (QED) is 0.521. The van der Waals surface area contributed by atoms with Crippen molar-refractivity contribution in [2.24, 2.45) is 0 Å². The van der Waals surface area contributed by atoms with E-state index in [9.17, 15) is 4.79 Å². The van der Waals surface area contributed by atoms with Crippen LogP contribution in [0.25, 0.3) is 10.8 Å². The highest BCUT2D eigenvalue weighted by Crippen LogP contribution is 2.25. The molecule has 0 radical (unpaired) electrons. The minimum Gasteiger partial charge on any atom is -0.485 e. The highest BCUT2D eigenvalue weighted by atomic mass is 16.5. The highest BCUT2D eigenvalue weighted by molar-refractivity contribution is 5.92. The number of hydrogen-bond donors (Lipinski definition) is 1. The number of rotatable bonds is 7. The Morgan fingerprint density at radius 2 is 2.03 bits per heavy atom. The maximum atomic E-state index is 12.4. The SMILES string of the molecule is CC(Cc1cccnc1)NC(=O)c1cc(COc2cccc3cnccc23)on1. The lowest BCUT2D eigenvalue weighted by atomic mass is 10.1. The summed E-state index contributed by atoms with van der Waals surface area (Å²) in [5, 5.41) is 8.73. The Labute approximate surface area is 167 Å². The van der Waals surface area contributed by atoms with Crippen LogP contribution in [-0.4, -0.2) is 27.1 Å². The minimum absolute atomic E-state index is 0.0626. The van der Waals surface area contributed by atoms with Gasteiger partial charge in [0.15, 0.2) is 11.5 Å². The van der Waals surface area contributed by atoms with Gasteiger partial charge in [0.25, 0.3) is 5.91 Å². The van der Waals surface area contributed by atoms with Gasteiger partial charge in [0, 0.05) is 47.7 Å². The normalized spacial score (nSPS) is 11.9. The molecule has 1 N–H and O–H groups in total. The largest absolute Gasteiger partial charge is 0.485 e. The summed E-state index contributed by atoms with van der Waals surface area (Å²) < 4.78 is 11.1. The van der Waals surface area contributed by atoms with Crippen LogP contribution < -0.4 is 10.1 Å². The third kappa shape index (κ3) is 4.57. The van der Waals surface area contributed by atoms with Crippen LogP contribution in [0.1, 0.15) is 28.7 Å². The van der Waals surface area contributed by atoms with Gasteiger partial charge in [-0.05, 0) is 37.1 Å². The lowest BCUT2D eigenvalue weighted by Crippen LogP contribution is -2.34. The monoisotopic (exact) mass is 388 g/mol. The Hall–Kier alpha value is -3.74. The number of fused-ring (bicyclic) bond motifs is 1. The lowest BCUT2D eigenvalue weighted by Gasteiger charge is -2.12. The van der Waals surface area contributed by atoms with Gasteiger partial charge in [-0.25, -0.2) is 0 Å². The number of amides is 1. The van der Waals surface area contributed by atoms with Crippen molar-refractivity contribution in [2.75, 3.05) is 0 Å². The van der Waals surface area contributed by atoms with E-state index in [0.29, 0.717) is 12.2 Å². The summed E-state index contributed by atoms with van der Waals surface area (Å²) in [6.07, 6.45) is 7.70. The molecular weight excluding hydrogens is 368 g/mol. The summed E-state index contributed by atoms with van der Waals surface area (Å²) in [7, 11) is 0. The predicted molar refractivity (Wildman–Crippen MR) is 107 cm³/mol. The number of carbonyl (C=O) groups excluding carboxylic acids is 1. The summed E-state index contributed by atoms with van der Waals surface area (Å²) in [4.78, 5) is 20.6. The molecule has 29 heavy (non-hydrogen) atoms. The lowest BCUT2D eigenvalue weighted by molar-refractivity contribution is 0.0930. The number of ether oxygens (including phenoxy) is 1. The van der Waals surface area contributed by atoms with Crippen molar-refractivity contribution >= 4 is 16.7 Å². The third-order valence-corrected chi connectivity index (χ3v) is 4.44. The number of carbonyl (C=O) groups is 1. The van der Waals surface area contributed by atoms with E-state index in [1.54, 1.807) is 30.9 Å². The van der Waals surface area contributed by atoms with Crippen molar-refractivity contribution in [1.82, 2.24) is 20.4 Å². The van der Waals surface area contributed by atoms with E-state index in [0.717, 1.165) is 22.1 Å². The first-order chi connectivity index (χ1) is 14.2. The number of pyridine rings is 2. The highest BCUT2D eigenvalue weighted by Gasteiger charge is 2.16. The number of aromatic nitrogens is 3. The van der Waals surface area contributed by atoms with E-state index in [-0.39, 0.29) is 24.2 Å². The maximum Gasteiger partial charge on any atom is 0.273 e. The van der Waals surface area contributed by atoms with Gasteiger partial charge in [0.2, 0.25) is 0 Å². The van der Waals surface area contributed by atoms with Gasteiger partial charge in [-0.1, -0.05) is 23.4 Å². The Balaban J connectivity index is 1.36. The van der Waals surface area contributed by atoms with E-state index in [1.165, 1.54) is 0 Å². The molecule has 0 fully saturated rings. The van der Waals surface area contributed by atoms with Gasteiger partial charge in [0.05, 0.1) is 0 Å². The zero-order valence-electron chi connectivity index (χ0n) is 15.9. The van der Waals surface area contributed by atoms with E-state index in [2.05, 4.69) is 20.4 Å². The molecule has 146 valence electrons. The second kappa shape index (κ2) is 8.52. The fraction of sp³-hybridized carbons (Fsp3) is 0.182. The first-order valence-corrected chi connectivity index (χ1v) is 9.30. The second-order valence-corrected chi connectivity index (χ2v) is 6.76. The molecule has 0 saturated heterocycles. The molecule has 4 aromatic rings. The van der Waals surface area contributed by atoms with Crippen molar-refractivity contribution in [3.63, 3.8) is 0 Å². The van der Waals surface area contributed by atoms with E-state index in [4.69, 9.17) is 9.26 Å². The zero-order chi connectivity index (χ0) is 20.1. The molecule has 1 aromatic carbocycles. The molecule has 7 nitrogen and oxygen atoms in total. The van der Waals surface area contributed by atoms with Crippen LogP contribution in [0.2, 0.25) is 0 Å². The molecule has 1 amide bonds. The first-order valence-electron chi connectivity index (χ1n) is 9.30. The molecule has 0 aliphatic carbocycles. The van der Waals surface area contributed by atoms with Crippen molar-refractivity contribution in [3.8, 4) is 5.75 Å². The van der Waals surface area contributed by atoms with Crippen LogP contribution >= 0.6 is 0 Å². The molecule has 7 heteroatoms. The molecule has 3 heterocycles. The first kappa shape index (κ1) is 18.6. The molecule has 4 rings (SSSR count). The smallest absolute Gasteiger partial charge is 0.273 e. The van der Waals surface area contributed by atoms with Crippen LogP contribution in [-0.2, 0) is 13.0 Å². The van der Waals surface area contributed by atoms with Crippen LogP contribution in [0, 0.1) is 0 Å². The number of nitrogens with one attached hydrogen (secondary N) is 1. The molecular formula is C22H20N4O3. The van der Waals surface area contributed by atoms with E-state index >= 15 is 0 Å². The molecule has 1 unspecified atom stereocenters. The van der Waals surface area contributed by atoms with E-state index < -0.39 is 0 Å². The van der Waals surface area contributed by atoms with Gasteiger partial charge in [0.1, 0.15) is 12.4 Å². The zero-order valence-corrected chi connectivity index (χ0v) is 15.9. The summed E-state index contributed by atoms with van der Waals surface area (Å²) >= 11 is 0. The summed E-state index contributed by atoms with van der Waals surface area (Å²) in [6.45, 7) is 2.11.